The summed E-state index contributed by atoms with van der Waals surface area (Å²) in [7, 11) is 0. The van der Waals surface area contributed by atoms with Gasteiger partial charge in [0, 0.05) is 54.9 Å². The summed E-state index contributed by atoms with van der Waals surface area (Å²) in [5.74, 6) is -7.09. The minimum atomic E-state index is -2.01. The van der Waals surface area contributed by atoms with Crippen molar-refractivity contribution in [2.45, 2.75) is 234 Å². The molecule has 114 heavy (non-hydrogen) atoms. The number of hydrogen-bond donors (Lipinski definition) is 9. The molecule has 2 aromatic carbocycles. The molecular weight excluding hydrogens is 1490 g/mol. The van der Waals surface area contributed by atoms with E-state index in [2.05, 4.69) is 42.5 Å². The summed E-state index contributed by atoms with van der Waals surface area (Å²) in [4.78, 5) is 163. The van der Waals surface area contributed by atoms with E-state index < -0.39 is 130 Å². The normalized spacial score (nSPS) is 15.1. The summed E-state index contributed by atoms with van der Waals surface area (Å²) < 4.78 is 72.3. The lowest BCUT2D eigenvalue weighted by atomic mass is 9.86. The van der Waals surface area contributed by atoms with Gasteiger partial charge in [0.05, 0.1) is 88.4 Å². The molecule has 9 N–H and O–H groups in total. The first-order valence-corrected chi connectivity index (χ1v) is 38.7. The average Bonchev–Trinajstić information content (AvgIpc) is 1.53. The monoisotopic (exact) mass is 1600 g/mol. The molecule has 630 valence electrons. The van der Waals surface area contributed by atoms with Crippen LogP contribution in [0.1, 0.15) is 183 Å². The van der Waals surface area contributed by atoms with Crippen molar-refractivity contribution in [2.75, 3.05) is 79.1 Å². The van der Waals surface area contributed by atoms with Gasteiger partial charge in [-0.3, -0.25) is 33.6 Å². The topological polar surface area (TPSA) is 431 Å². The molecule has 4 heterocycles. The van der Waals surface area contributed by atoms with Crippen LogP contribution in [0.25, 0.3) is 22.3 Å². The number of esters is 4. The number of pyridine rings is 2. The molecule has 0 saturated heterocycles. The molecule has 6 rings (SSSR count). The zero-order chi connectivity index (χ0) is 84.1. The Morgan fingerprint density at radius 1 is 0.614 bits per heavy atom. The molecular formula is C80H115FN10O23. The molecule has 4 aromatic rings. The minimum Gasteiger partial charge on any atom is -0.489 e. The molecule has 34 heteroatoms. The lowest BCUT2D eigenvalue weighted by Gasteiger charge is -2.31. The van der Waals surface area contributed by atoms with Gasteiger partial charge >= 0.3 is 36.0 Å². The maximum atomic E-state index is 15.8. The molecule has 0 spiro atoms. The van der Waals surface area contributed by atoms with Crippen LogP contribution in [0.15, 0.2) is 53.3 Å². The first-order valence-electron chi connectivity index (χ1n) is 38.7. The number of ether oxygens (including phenoxy) is 10. The van der Waals surface area contributed by atoms with Crippen molar-refractivity contribution in [2.24, 2.45) is 5.92 Å². The Morgan fingerprint density at radius 2 is 1.19 bits per heavy atom. The summed E-state index contributed by atoms with van der Waals surface area (Å²) >= 11 is 0. The van der Waals surface area contributed by atoms with Crippen molar-refractivity contribution < 1.29 is 110 Å². The number of rotatable bonds is 45. The predicted octanol–water partition coefficient (Wildman–Crippen LogP) is 5.70. The van der Waals surface area contributed by atoms with Crippen molar-refractivity contribution in [3.63, 3.8) is 0 Å². The molecule has 2 aliphatic rings. The van der Waals surface area contributed by atoms with Gasteiger partial charge in [-0.1, -0.05) is 58.0 Å². The number of benzene rings is 2. The first kappa shape index (κ1) is 93.0. The SMILES string of the molecule is CCc1c2c(nc3cc(F)c(OCCNC(=O)[C@H](C)NC(=O)[C@@H](NC(=O)[C@H](CCCCNC(=O)CCOCCOCCOCCOCCNC(=O)CC[C@H](NC(=O)N[C@@H](CCC(=O)OC(C)(C)C)C(=O)OC(C)(C)C)C(=O)OC(C)(C)C)NC(=O)OCc4ccccc4)C(C)C)cc13)-c1cc3c(c(=O)n1C2)COC(=O)[C@]3(O)CC. The molecule has 0 fully saturated rings. The number of amides is 8. The number of carbonyl (C=O) groups excluding carboxylic acids is 11. The molecule has 0 saturated carbocycles. The molecule has 0 radical (unpaired) electrons. The van der Waals surface area contributed by atoms with Crippen LogP contribution in [0.5, 0.6) is 5.75 Å². The lowest BCUT2D eigenvalue weighted by molar-refractivity contribution is -0.172. The third-order valence-corrected chi connectivity index (χ3v) is 17.8. The summed E-state index contributed by atoms with van der Waals surface area (Å²) in [5.41, 5.74) is -1.40. The Labute approximate surface area is 663 Å². The Hall–Kier alpha value is -9.90. The summed E-state index contributed by atoms with van der Waals surface area (Å²) in [6, 6.07) is 6.28. The number of hydrogen-bond acceptors (Lipinski definition) is 24. The van der Waals surface area contributed by atoms with Crippen molar-refractivity contribution >= 4 is 76.4 Å². The van der Waals surface area contributed by atoms with Gasteiger partial charge in [0.2, 0.25) is 29.5 Å². The predicted molar refractivity (Wildman–Crippen MR) is 413 cm³/mol. The largest absolute Gasteiger partial charge is 0.489 e. The quantitative estimate of drug-likeness (QED) is 0.0128. The third-order valence-electron chi connectivity index (χ3n) is 17.8. The zero-order valence-electron chi connectivity index (χ0n) is 68.0. The van der Waals surface area contributed by atoms with Crippen molar-refractivity contribution in [1.82, 2.24) is 52.1 Å². The minimum absolute atomic E-state index is 0.0243. The highest BCUT2D eigenvalue weighted by molar-refractivity contribution is 5.95. The van der Waals surface area contributed by atoms with Crippen molar-refractivity contribution in [3.05, 3.63) is 92.5 Å². The molecule has 33 nitrogen and oxygen atoms in total. The van der Waals surface area contributed by atoms with Crippen LogP contribution in [0.2, 0.25) is 0 Å². The van der Waals surface area contributed by atoms with E-state index in [1.807, 2.05) is 13.0 Å². The molecule has 2 aromatic heterocycles. The van der Waals surface area contributed by atoms with Gasteiger partial charge in [-0.15, -0.1) is 0 Å². The molecule has 0 unspecified atom stereocenters. The number of urea groups is 1. The first-order chi connectivity index (χ1) is 53.8. The fourth-order valence-corrected chi connectivity index (χ4v) is 12.1. The lowest BCUT2D eigenvalue weighted by Crippen LogP contribution is -2.57. The highest BCUT2D eigenvalue weighted by Gasteiger charge is 2.46. The zero-order valence-corrected chi connectivity index (χ0v) is 68.0. The van der Waals surface area contributed by atoms with Gasteiger partial charge in [-0.05, 0) is 143 Å². The number of unbranched alkanes of at least 4 members (excludes halogenated alkanes) is 1. The average molecular weight is 1600 g/mol. The van der Waals surface area contributed by atoms with E-state index >= 15 is 4.39 Å². The maximum Gasteiger partial charge on any atom is 0.408 e. The van der Waals surface area contributed by atoms with Crippen molar-refractivity contribution in [1.29, 1.82) is 0 Å². The molecule has 0 bridgehead atoms. The second-order valence-corrected chi connectivity index (χ2v) is 30.9. The highest BCUT2D eigenvalue weighted by atomic mass is 19.1. The van der Waals surface area contributed by atoms with Crippen LogP contribution < -0.4 is 52.8 Å². The van der Waals surface area contributed by atoms with Crippen LogP contribution in [0.4, 0.5) is 14.0 Å². The van der Waals surface area contributed by atoms with Crippen LogP contribution in [0, 0.1) is 11.7 Å². The molecule has 8 amide bonds. The van der Waals surface area contributed by atoms with Crippen molar-refractivity contribution in [3.8, 4) is 17.1 Å². The third kappa shape index (κ3) is 29.8. The van der Waals surface area contributed by atoms with E-state index in [1.54, 1.807) is 113 Å². The number of halogens is 1. The van der Waals surface area contributed by atoms with E-state index in [9.17, 15) is 62.6 Å². The molecule has 0 aliphatic carbocycles. The van der Waals surface area contributed by atoms with Gasteiger partial charge in [0.25, 0.3) is 5.56 Å². The summed E-state index contributed by atoms with van der Waals surface area (Å²) in [6.45, 7) is 24.9. The highest BCUT2D eigenvalue weighted by Crippen LogP contribution is 2.41. The summed E-state index contributed by atoms with van der Waals surface area (Å²) in [6.07, 6.45) is -0.218. The molecule has 6 atom stereocenters. The van der Waals surface area contributed by atoms with Crippen LogP contribution in [-0.4, -0.2) is 206 Å². The van der Waals surface area contributed by atoms with E-state index in [0.717, 1.165) is 11.1 Å². The number of nitrogens with zero attached hydrogens (tertiary/aromatic N) is 2. The summed E-state index contributed by atoms with van der Waals surface area (Å²) in [5, 5.41) is 33.0. The van der Waals surface area contributed by atoms with Gasteiger partial charge in [0.15, 0.2) is 17.2 Å². The number of alkyl carbamates (subject to hydrolysis) is 1. The van der Waals surface area contributed by atoms with Gasteiger partial charge in [-0.25, -0.2) is 33.3 Å². The van der Waals surface area contributed by atoms with E-state index in [0.29, 0.717) is 41.6 Å². The Morgan fingerprint density at radius 3 is 1.79 bits per heavy atom. The number of nitrogens with one attached hydrogen (secondary N) is 8. The van der Waals surface area contributed by atoms with Gasteiger partial charge in [0.1, 0.15) is 66.8 Å². The van der Waals surface area contributed by atoms with E-state index in [4.69, 9.17) is 52.4 Å². The van der Waals surface area contributed by atoms with E-state index in [-0.39, 0.29) is 172 Å². The Balaban J connectivity index is 0.845. The molecule has 2 aliphatic heterocycles. The number of cyclic esters (lactones) is 1. The van der Waals surface area contributed by atoms with Crippen LogP contribution in [0.3, 0.4) is 0 Å². The fourth-order valence-electron chi connectivity index (χ4n) is 12.1. The second-order valence-electron chi connectivity index (χ2n) is 30.9. The number of fused-ring (bicyclic) bond motifs is 5. The van der Waals surface area contributed by atoms with Crippen LogP contribution >= 0.6 is 0 Å². The maximum absolute atomic E-state index is 15.8. The van der Waals surface area contributed by atoms with Gasteiger partial charge < -0.3 is 99.6 Å². The fraction of sp³-hybridized carbons (Fsp3) is 0.613. The number of aryl methyl sites for hydroxylation is 1. The second kappa shape index (κ2) is 44.1. The Kier molecular flexibility index (Phi) is 36.0. The van der Waals surface area contributed by atoms with Crippen LogP contribution in [-0.2, 0) is 118 Å². The number of carbonyl (C=O) groups is 11. The Bertz CT molecular complexity index is 4040. The van der Waals surface area contributed by atoms with E-state index in [1.165, 1.54) is 23.6 Å². The van der Waals surface area contributed by atoms with Gasteiger partial charge in [-0.2, -0.15) is 0 Å². The number of aliphatic hydroxyl groups is 1. The smallest absolute Gasteiger partial charge is 0.408 e. The standard InChI is InChI=1S/C80H115FN10O23/c1-15-51-52-42-62(56(81)44-60(52)86-67-53(51)45-91-61(67)43-55-54(71(91)98)47-110-74(101)80(55,104)16-2)109-35-32-84-68(95)49(5)85-70(97)66(48(3)4)90-69(96)57(89-76(103)111-46-50-22-18-17-19-23-50)24-20-21-30-82-64(93)29-33-105-36-38-107-40-41-108-39-37-106-34-31-83-63(92)27-25-58(72(99)113-78(9,10)11)87-75(102)88-59(73(100)114-79(12,13)14)26-28-65(94)112-77(6,7)8/h17-19,22-23,42-44,48-49,57-59,66,104H,15-16,20-21,24-41,45-47H2,1-14H3,(H,82,93)(H,83,92)(H,84,95)(H,85,97)(H,89,103)(H,90,96)(H2,87,88,102)/t49-,57-,58-,59-,66-,80-/m0/s1. The number of aromatic nitrogens is 2.